The summed E-state index contributed by atoms with van der Waals surface area (Å²) in [5.41, 5.74) is -0.397. The third kappa shape index (κ3) is 4.64. The van der Waals surface area contributed by atoms with Gasteiger partial charge in [0.1, 0.15) is 0 Å². The van der Waals surface area contributed by atoms with Crippen LogP contribution in [0, 0.1) is 0 Å². The lowest BCUT2D eigenvalue weighted by Crippen LogP contribution is -2.27. The van der Waals surface area contributed by atoms with Crippen molar-refractivity contribution in [1.82, 2.24) is 20.3 Å². The van der Waals surface area contributed by atoms with Gasteiger partial charge >= 0.3 is 11.8 Å². The number of hydrogen-bond acceptors (Lipinski definition) is 8. The number of rotatable bonds is 7. The number of amides is 1. The van der Waals surface area contributed by atoms with Crippen LogP contribution in [0.3, 0.4) is 0 Å². The summed E-state index contributed by atoms with van der Waals surface area (Å²) in [5, 5.41) is 2.41. The van der Waals surface area contributed by atoms with Gasteiger partial charge in [-0.1, -0.05) is 12.1 Å². The number of halogens is 2. The van der Waals surface area contributed by atoms with Crippen LogP contribution in [0.5, 0.6) is 6.01 Å². The van der Waals surface area contributed by atoms with E-state index in [1.807, 2.05) is 0 Å². The van der Waals surface area contributed by atoms with Gasteiger partial charge in [-0.25, -0.2) is 8.42 Å². The Balaban J connectivity index is 2.27. The van der Waals surface area contributed by atoms with Crippen molar-refractivity contribution in [2.45, 2.75) is 17.2 Å². The average molecular weight is 401 g/mol. The number of hydrogen-bond donors (Lipinski definition) is 1. The minimum absolute atomic E-state index is 0.0265. The molecule has 1 aromatic heterocycles. The predicted molar refractivity (Wildman–Crippen MR) is 91.5 cm³/mol. The van der Waals surface area contributed by atoms with E-state index >= 15 is 0 Å². The number of sulfone groups is 1. The Hall–Kier alpha value is -2.89. The van der Waals surface area contributed by atoms with Crippen LogP contribution in [0.15, 0.2) is 29.2 Å². The smallest absolute Gasteiger partial charge is 0.341 e. The van der Waals surface area contributed by atoms with Gasteiger partial charge in [0.05, 0.1) is 24.1 Å². The highest BCUT2D eigenvalue weighted by atomic mass is 32.2. The minimum Gasteiger partial charge on any atom is -0.467 e. The number of methoxy groups -OCH3 is 1. The van der Waals surface area contributed by atoms with Gasteiger partial charge in [-0.15, -0.1) is 0 Å². The Morgan fingerprint density at radius 2 is 1.89 bits per heavy atom. The van der Waals surface area contributed by atoms with E-state index in [1.165, 1.54) is 19.2 Å². The summed E-state index contributed by atoms with van der Waals surface area (Å²) in [6.45, 7) is -0.193. The molecule has 12 heteroatoms. The Morgan fingerprint density at radius 1 is 1.22 bits per heavy atom. The van der Waals surface area contributed by atoms with E-state index in [1.54, 1.807) is 19.0 Å². The number of ether oxygens (including phenoxy) is 1. The lowest BCUT2D eigenvalue weighted by Gasteiger charge is -2.13. The van der Waals surface area contributed by atoms with Crippen LogP contribution in [0.1, 0.15) is 16.2 Å². The van der Waals surface area contributed by atoms with Gasteiger partial charge in [0, 0.05) is 14.1 Å². The first-order chi connectivity index (χ1) is 12.7. The lowest BCUT2D eigenvalue weighted by molar-refractivity contribution is 0.0946. The van der Waals surface area contributed by atoms with Crippen LogP contribution >= 0.6 is 0 Å². The third-order valence-corrected chi connectivity index (χ3v) is 4.75. The van der Waals surface area contributed by atoms with Gasteiger partial charge in [0.2, 0.25) is 15.8 Å². The molecule has 1 N–H and O–H groups in total. The normalized spacial score (nSPS) is 11.3. The molecular formula is C15H17F2N5O4S. The molecule has 0 atom stereocenters. The zero-order chi connectivity index (χ0) is 20.2. The number of carbonyl (C=O) groups is 1. The van der Waals surface area contributed by atoms with Gasteiger partial charge in [0.25, 0.3) is 5.91 Å². The van der Waals surface area contributed by atoms with Crippen LogP contribution in [-0.4, -0.2) is 56.2 Å². The first-order valence-corrected chi connectivity index (χ1v) is 9.07. The van der Waals surface area contributed by atoms with Crippen molar-refractivity contribution in [2.75, 3.05) is 26.1 Å². The summed E-state index contributed by atoms with van der Waals surface area (Å²) < 4.78 is 54.1. The van der Waals surface area contributed by atoms with E-state index in [2.05, 4.69) is 20.3 Å². The molecule has 27 heavy (non-hydrogen) atoms. The van der Waals surface area contributed by atoms with Crippen molar-refractivity contribution in [3.63, 3.8) is 0 Å². The van der Waals surface area contributed by atoms with Gasteiger partial charge < -0.3 is 15.0 Å². The summed E-state index contributed by atoms with van der Waals surface area (Å²) in [6, 6.07) is 4.75. The Bertz CT molecular complexity index is 938. The molecule has 146 valence electrons. The van der Waals surface area contributed by atoms with Crippen molar-refractivity contribution in [3.05, 3.63) is 35.7 Å². The second-order valence-corrected chi connectivity index (χ2v) is 7.30. The maximum absolute atomic E-state index is 12.8. The molecule has 0 aliphatic carbocycles. The highest BCUT2D eigenvalue weighted by molar-refractivity contribution is 7.91. The van der Waals surface area contributed by atoms with Crippen LogP contribution in [-0.2, 0) is 16.4 Å². The number of nitrogens with one attached hydrogen (secondary N) is 1. The Labute approximate surface area is 154 Å². The topological polar surface area (TPSA) is 114 Å². The van der Waals surface area contributed by atoms with Gasteiger partial charge in [-0.05, 0) is 12.1 Å². The minimum atomic E-state index is -4.93. The van der Waals surface area contributed by atoms with Crippen LogP contribution in [0.2, 0.25) is 0 Å². The van der Waals surface area contributed by atoms with E-state index < -0.39 is 32.0 Å². The van der Waals surface area contributed by atoms with E-state index in [-0.39, 0.29) is 24.3 Å². The van der Waals surface area contributed by atoms with Crippen molar-refractivity contribution in [3.8, 4) is 6.01 Å². The van der Waals surface area contributed by atoms with Gasteiger partial charge in [0.15, 0.2) is 5.82 Å². The Kier molecular flexibility index (Phi) is 6.20. The second kappa shape index (κ2) is 8.20. The molecule has 1 amide bonds. The SMILES string of the molecule is COc1nc(CNC(=O)c2ccccc2S(=O)(=O)C(F)F)nc(N(C)C)n1. The number of carbonyl (C=O) groups excluding carboxylic acids is 1. The number of aromatic nitrogens is 3. The molecule has 0 radical (unpaired) electrons. The molecule has 0 fully saturated rings. The molecule has 0 saturated carbocycles. The van der Waals surface area contributed by atoms with Crippen LogP contribution in [0.4, 0.5) is 14.7 Å². The van der Waals surface area contributed by atoms with Crippen molar-refractivity contribution >= 4 is 21.7 Å². The fourth-order valence-electron chi connectivity index (χ4n) is 2.01. The molecule has 1 heterocycles. The lowest BCUT2D eigenvalue weighted by atomic mass is 10.2. The molecule has 0 unspecified atom stereocenters. The number of anilines is 1. The maximum Gasteiger partial charge on any atom is 0.341 e. The van der Waals surface area contributed by atoms with Crippen LogP contribution in [0.25, 0.3) is 0 Å². The van der Waals surface area contributed by atoms with Gasteiger partial charge in [-0.3, -0.25) is 4.79 Å². The first kappa shape index (κ1) is 20.4. The summed E-state index contributed by atoms with van der Waals surface area (Å²) in [5.74, 6) is -4.07. The molecule has 2 rings (SSSR count). The number of nitrogens with zero attached hydrogens (tertiary/aromatic N) is 4. The first-order valence-electron chi connectivity index (χ1n) is 7.52. The molecule has 0 aliphatic heterocycles. The van der Waals surface area contributed by atoms with E-state index in [9.17, 15) is 22.0 Å². The zero-order valence-electron chi connectivity index (χ0n) is 14.7. The summed E-state index contributed by atoms with van der Waals surface area (Å²) >= 11 is 0. The summed E-state index contributed by atoms with van der Waals surface area (Å²) in [7, 11) is -0.169. The zero-order valence-corrected chi connectivity index (χ0v) is 15.5. The molecule has 0 aliphatic rings. The summed E-state index contributed by atoms with van der Waals surface area (Å²) in [6.07, 6.45) is 0. The summed E-state index contributed by atoms with van der Waals surface area (Å²) in [4.78, 5) is 25.3. The van der Waals surface area contributed by atoms with Crippen molar-refractivity contribution < 1.29 is 26.7 Å². The molecule has 0 spiro atoms. The molecular weight excluding hydrogens is 384 g/mol. The van der Waals surface area contributed by atoms with E-state index in [0.29, 0.717) is 0 Å². The second-order valence-electron chi connectivity index (χ2n) is 5.42. The largest absolute Gasteiger partial charge is 0.467 e. The molecule has 2 aromatic rings. The van der Waals surface area contributed by atoms with E-state index in [4.69, 9.17) is 4.74 Å². The highest BCUT2D eigenvalue weighted by Gasteiger charge is 2.30. The standard InChI is InChI=1S/C15H17F2N5O4S/c1-22(2)14-19-11(20-15(21-14)26-3)8-18-12(23)9-6-4-5-7-10(9)27(24,25)13(16)17/h4-7,13H,8H2,1-3H3,(H,18,23). The Morgan fingerprint density at radius 3 is 2.48 bits per heavy atom. The maximum atomic E-state index is 12.8. The fourth-order valence-corrected chi connectivity index (χ4v) is 2.94. The number of benzene rings is 1. The van der Waals surface area contributed by atoms with Crippen molar-refractivity contribution in [1.29, 1.82) is 0 Å². The van der Waals surface area contributed by atoms with E-state index in [0.717, 1.165) is 12.1 Å². The molecule has 1 aromatic carbocycles. The predicted octanol–water partition coefficient (Wildman–Crippen LogP) is 0.873. The average Bonchev–Trinajstić information content (AvgIpc) is 2.65. The monoisotopic (exact) mass is 401 g/mol. The molecule has 0 bridgehead atoms. The number of alkyl halides is 2. The quantitative estimate of drug-likeness (QED) is 0.727. The van der Waals surface area contributed by atoms with Gasteiger partial charge in [-0.2, -0.15) is 23.7 Å². The molecule has 0 saturated heterocycles. The third-order valence-electron chi connectivity index (χ3n) is 3.31. The molecule has 9 nitrogen and oxygen atoms in total. The van der Waals surface area contributed by atoms with Crippen LogP contribution < -0.4 is 15.0 Å². The fraction of sp³-hybridized carbons (Fsp3) is 0.333. The van der Waals surface area contributed by atoms with Crippen molar-refractivity contribution in [2.24, 2.45) is 0 Å². The highest BCUT2D eigenvalue weighted by Crippen LogP contribution is 2.22.